The van der Waals surface area contributed by atoms with Crippen molar-refractivity contribution in [1.82, 2.24) is 0 Å². The van der Waals surface area contributed by atoms with E-state index in [9.17, 15) is 14.7 Å². The number of rotatable bonds is 6. The fraction of sp³-hybridized carbons (Fsp3) is 0.333. The molecule has 2 saturated carbocycles. The fourth-order valence-corrected chi connectivity index (χ4v) is 7.57. The third kappa shape index (κ3) is 5.04. The number of ether oxygens (including phenoxy) is 1. The number of aliphatic carboxylic acids is 1. The van der Waals surface area contributed by atoms with Crippen LogP contribution in [0.25, 0.3) is 0 Å². The number of halogens is 4. The lowest BCUT2D eigenvalue weighted by Crippen LogP contribution is -2.52. The number of carbonyl (C=O) groups is 2. The molecule has 0 bridgehead atoms. The monoisotopic (exact) mass is 590 g/mol. The molecule has 0 saturated heterocycles. The van der Waals surface area contributed by atoms with Crippen LogP contribution in [0.4, 0.5) is 0 Å². The molecule has 1 N–H and O–H groups in total. The number of hydrogen-bond donors (Lipinski definition) is 1. The third-order valence-corrected chi connectivity index (χ3v) is 9.29. The van der Waals surface area contributed by atoms with Gasteiger partial charge in [0.2, 0.25) is 0 Å². The van der Waals surface area contributed by atoms with E-state index in [0.717, 1.165) is 31.2 Å². The molecule has 1 unspecified atom stereocenters. The zero-order chi connectivity index (χ0) is 27.0. The summed E-state index contributed by atoms with van der Waals surface area (Å²) in [6, 6.07) is 20.0. The number of hydrogen-bond acceptors (Lipinski definition) is 3. The number of carbonyl (C=O) groups excluding carboxylic acids is 1. The van der Waals surface area contributed by atoms with Crippen LogP contribution in [-0.2, 0) is 14.3 Å². The fourth-order valence-electron chi connectivity index (χ4n) is 6.27. The largest absolute Gasteiger partial charge is 0.481 e. The lowest BCUT2D eigenvalue weighted by Gasteiger charge is -2.50. The van der Waals surface area contributed by atoms with Crippen molar-refractivity contribution in [2.75, 3.05) is 0 Å². The molecular formula is C30H26Cl4O4. The number of benzene rings is 3. The van der Waals surface area contributed by atoms with Gasteiger partial charge in [-0.05, 0) is 60.2 Å². The van der Waals surface area contributed by atoms with Gasteiger partial charge in [0.15, 0.2) is 0 Å². The maximum absolute atomic E-state index is 14.1. The molecule has 2 fully saturated rings. The first kappa shape index (κ1) is 27.3. The Balaban J connectivity index is 1.56. The Kier molecular flexibility index (Phi) is 8.25. The summed E-state index contributed by atoms with van der Waals surface area (Å²) in [5.41, 5.74) is 1.97. The van der Waals surface area contributed by atoms with E-state index >= 15 is 0 Å². The summed E-state index contributed by atoms with van der Waals surface area (Å²) >= 11 is 26.2. The van der Waals surface area contributed by atoms with Gasteiger partial charge in [0.1, 0.15) is 6.10 Å². The summed E-state index contributed by atoms with van der Waals surface area (Å²) in [5.74, 6) is -5.04. The summed E-state index contributed by atoms with van der Waals surface area (Å²) in [4.78, 5) is 26.7. The maximum Gasteiger partial charge on any atom is 0.310 e. The molecule has 4 nitrogen and oxygen atoms in total. The SMILES string of the molecule is O=C(O)[C@H]1[C@H](c2c(Cl)cccc2Cl)[C@H](C(=O)OC2CCCC[C@H]2c2ccccc2)[C@H]1c1c(Cl)cccc1Cl. The van der Waals surface area contributed by atoms with Crippen molar-refractivity contribution in [2.24, 2.45) is 11.8 Å². The lowest BCUT2D eigenvalue weighted by atomic mass is 9.52. The van der Waals surface area contributed by atoms with E-state index in [1.165, 1.54) is 0 Å². The third-order valence-electron chi connectivity index (χ3n) is 7.97. The first-order valence-electron chi connectivity index (χ1n) is 12.7. The topological polar surface area (TPSA) is 63.6 Å². The highest BCUT2D eigenvalue weighted by Gasteiger charge is 2.61. The van der Waals surface area contributed by atoms with Gasteiger partial charge in [-0.3, -0.25) is 9.59 Å². The van der Waals surface area contributed by atoms with E-state index in [-0.39, 0.29) is 12.0 Å². The first-order valence-corrected chi connectivity index (χ1v) is 14.2. The second-order valence-corrected chi connectivity index (χ2v) is 11.6. The molecule has 8 heteroatoms. The van der Waals surface area contributed by atoms with Crippen LogP contribution in [0, 0.1) is 11.8 Å². The van der Waals surface area contributed by atoms with Gasteiger partial charge >= 0.3 is 11.9 Å². The highest BCUT2D eigenvalue weighted by molar-refractivity contribution is 6.37. The van der Waals surface area contributed by atoms with Crippen molar-refractivity contribution in [1.29, 1.82) is 0 Å². The minimum Gasteiger partial charge on any atom is -0.481 e. The van der Waals surface area contributed by atoms with Crippen LogP contribution >= 0.6 is 46.4 Å². The normalized spacial score (nSPS) is 26.8. The summed E-state index contributed by atoms with van der Waals surface area (Å²) < 4.78 is 6.25. The van der Waals surface area contributed by atoms with Gasteiger partial charge in [-0.15, -0.1) is 0 Å². The zero-order valence-electron chi connectivity index (χ0n) is 20.3. The Bertz CT molecular complexity index is 1250. The molecule has 0 heterocycles. The summed E-state index contributed by atoms with van der Waals surface area (Å²) in [6.45, 7) is 0. The molecule has 0 aliphatic heterocycles. The number of carboxylic acids is 1. The first-order chi connectivity index (χ1) is 18.3. The molecule has 2 aliphatic rings. The van der Waals surface area contributed by atoms with Crippen LogP contribution in [0.3, 0.4) is 0 Å². The molecule has 5 rings (SSSR count). The molecule has 38 heavy (non-hydrogen) atoms. The van der Waals surface area contributed by atoms with Gasteiger partial charge < -0.3 is 9.84 Å². The summed E-state index contributed by atoms with van der Waals surface area (Å²) in [6.07, 6.45) is 3.31. The quantitative estimate of drug-likeness (QED) is 0.291. The van der Waals surface area contributed by atoms with Crippen molar-refractivity contribution in [3.8, 4) is 0 Å². The Hall–Kier alpha value is -2.24. The highest BCUT2D eigenvalue weighted by Crippen LogP contribution is 2.62. The molecular weight excluding hydrogens is 566 g/mol. The van der Waals surface area contributed by atoms with Crippen molar-refractivity contribution in [3.63, 3.8) is 0 Å². The Morgan fingerprint density at radius 1 is 0.684 bits per heavy atom. The van der Waals surface area contributed by atoms with Crippen LogP contribution < -0.4 is 0 Å². The van der Waals surface area contributed by atoms with Gasteiger partial charge in [0, 0.05) is 37.8 Å². The molecule has 0 amide bonds. The molecule has 0 aromatic heterocycles. The average molecular weight is 592 g/mol. The van der Waals surface area contributed by atoms with E-state index < -0.39 is 35.6 Å². The van der Waals surface area contributed by atoms with Gasteiger partial charge in [-0.1, -0.05) is 95.3 Å². The van der Waals surface area contributed by atoms with Crippen LogP contribution in [-0.4, -0.2) is 23.1 Å². The molecule has 3 aromatic carbocycles. The molecule has 0 spiro atoms. The Morgan fingerprint density at radius 3 is 1.68 bits per heavy atom. The molecule has 198 valence electrons. The van der Waals surface area contributed by atoms with Crippen LogP contribution in [0.5, 0.6) is 0 Å². The average Bonchev–Trinajstić information content (AvgIpc) is 2.87. The number of esters is 1. The zero-order valence-corrected chi connectivity index (χ0v) is 23.4. The van der Waals surface area contributed by atoms with Crippen LogP contribution in [0.2, 0.25) is 20.1 Å². The Morgan fingerprint density at radius 2 is 1.18 bits per heavy atom. The van der Waals surface area contributed by atoms with Crippen molar-refractivity contribution in [3.05, 3.63) is 104 Å². The molecule has 3 aromatic rings. The Labute approximate surface area is 241 Å². The van der Waals surface area contributed by atoms with Gasteiger partial charge in [0.25, 0.3) is 0 Å². The van der Waals surface area contributed by atoms with E-state index in [1.807, 2.05) is 18.2 Å². The predicted molar refractivity (Wildman–Crippen MR) is 151 cm³/mol. The summed E-state index contributed by atoms with van der Waals surface area (Å²) in [5, 5.41) is 11.6. The minimum absolute atomic E-state index is 0.0638. The van der Waals surface area contributed by atoms with E-state index in [1.54, 1.807) is 36.4 Å². The van der Waals surface area contributed by atoms with E-state index in [0.29, 0.717) is 31.2 Å². The minimum atomic E-state index is -1.09. The van der Waals surface area contributed by atoms with Crippen molar-refractivity contribution < 1.29 is 19.4 Å². The van der Waals surface area contributed by atoms with E-state index in [4.69, 9.17) is 51.1 Å². The second kappa shape index (κ2) is 11.5. The maximum atomic E-state index is 14.1. The van der Waals surface area contributed by atoms with Gasteiger partial charge in [-0.2, -0.15) is 0 Å². The molecule has 0 radical (unpaired) electrons. The van der Waals surface area contributed by atoms with Crippen LogP contribution in [0.15, 0.2) is 66.7 Å². The van der Waals surface area contributed by atoms with E-state index in [2.05, 4.69) is 12.1 Å². The van der Waals surface area contributed by atoms with Crippen LogP contribution in [0.1, 0.15) is 60.1 Å². The van der Waals surface area contributed by atoms with Crippen molar-refractivity contribution >= 4 is 58.3 Å². The number of carboxylic acid groups (broad SMARTS) is 1. The summed E-state index contributed by atoms with van der Waals surface area (Å²) in [7, 11) is 0. The second-order valence-electron chi connectivity index (χ2n) is 9.99. The molecule has 4 atom stereocenters. The standard InChI is InChI=1S/C30H26Cl4O4/c31-18-11-6-12-19(32)23(18)25-27(29(35)36)26(24-20(33)13-7-14-21(24)34)28(25)30(37)38-22-15-5-4-10-17(22)16-8-2-1-3-9-16/h1-3,6-9,11-14,17,22,25-28H,4-5,10,15H2,(H,35,36)/t17-,22?,25-,26-,27-,28-/m0/s1. The lowest BCUT2D eigenvalue weighted by molar-refractivity contribution is -0.170. The van der Waals surface area contributed by atoms with Gasteiger partial charge in [0.05, 0.1) is 11.8 Å². The van der Waals surface area contributed by atoms with Crippen molar-refractivity contribution in [2.45, 2.75) is 49.5 Å². The molecule has 2 aliphatic carbocycles. The predicted octanol–water partition coefficient (Wildman–Crippen LogP) is 8.77. The van der Waals surface area contributed by atoms with Gasteiger partial charge in [-0.25, -0.2) is 0 Å². The highest BCUT2D eigenvalue weighted by atomic mass is 35.5. The smallest absolute Gasteiger partial charge is 0.310 e.